The van der Waals surface area contributed by atoms with E-state index in [4.69, 9.17) is 4.74 Å². The van der Waals surface area contributed by atoms with Gasteiger partial charge in [-0.3, -0.25) is 5.43 Å². The molecule has 0 aliphatic rings. The Bertz CT molecular complexity index is 555. The van der Waals surface area contributed by atoms with Crippen molar-refractivity contribution in [3.05, 3.63) is 57.7 Å². The standard InChI is InChI=1S/C15H15IN2O/c1-2-19-15-9-8-12(10-14(15)16)11-17-18-13-6-4-3-5-7-13/h3-11,18H,2H2,1H3/b17-11-. The van der Waals surface area contributed by atoms with E-state index in [1.54, 1.807) is 6.21 Å². The summed E-state index contributed by atoms with van der Waals surface area (Å²) in [4.78, 5) is 0. The predicted octanol–water partition coefficient (Wildman–Crippen LogP) is 4.14. The fraction of sp³-hybridized carbons (Fsp3) is 0.133. The van der Waals surface area contributed by atoms with Gasteiger partial charge in [0.2, 0.25) is 0 Å². The van der Waals surface area contributed by atoms with Crippen molar-refractivity contribution >= 4 is 34.5 Å². The first-order chi connectivity index (χ1) is 9.29. The van der Waals surface area contributed by atoms with Crippen LogP contribution in [0.3, 0.4) is 0 Å². The van der Waals surface area contributed by atoms with Crippen molar-refractivity contribution in [3.63, 3.8) is 0 Å². The maximum atomic E-state index is 5.50. The van der Waals surface area contributed by atoms with Crippen LogP contribution in [0.15, 0.2) is 53.6 Å². The monoisotopic (exact) mass is 366 g/mol. The molecule has 0 fully saturated rings. The number of hydrogen-bond donors (Lipinski definition) is 1. The fourth-order valence-corrected chi connectivity index (χ4v) is 2.26. The van der Waals surface area contributed by atoms with Crippen molar-refractivity contribution < 1.29 is 4.74 Å². The van der Waals surface area contributed by atoms with E-state index < -0.39 is 0 Å². The van der Waals surface area contributed by atoms with Crippen LogP contribution < -0.4 is 10.2 Å². The number of hydrazone groups is 1. The number of benzene rings is 2. The van der Waals surface area contributed by atoms with Gasteiger partial charge < -0.3 is 4.74 Å². The van der Waals surface area contributed by atoms with Gasteiger partial charge in [0.05, 0.1) is 22.1 Å². The summed E-state index contributed by atoms with van der Waals surface area (Å²) in [6, 6.07) is 15.9. The van der Waals surface area contributed by atoms with E-state index in [1.165, 1.54) is 0 Å². The Morgan fingerprint density at radius 2 is 2.00 bits per heavy atom. The van der Waals surface area contributed by atoms with E-state index in [0.29, 0.717) is 6.61 Å². The lowest BCUT2D eigenvalue weighted by Gasteiger charge is -2.06. The molecule has 3 nitrogen and oxygen atoms in total. The molecule has 0 amide bonds. The van der Waals surface area contributed by atoms with Crippen LogP contribution in [0.1, 0.15) is 12.5 Å². The molecule has 0 saturated heterocycles. The van der Waals surface area contributed by atoms with Gasteiger partial charge in [-0.05, 0) is 65.4 Å². The maximum Gasteiger partial charge on any atom is 0.132 e. The fourth-order valence-electron chi connectivity index (χ4n) is 1.56. The second-order valence-corrected chi connectivity index (χ2v) is 5.02. The Kier molecular flexibility index (Phi) is 5.20. The van der Waals surface area contributed by atoms with E-state index in [1.807, 2.05) is 55.5 Å². The van der Waals surface area contributed by atoms with Gasteiger partial charge in [0, 0.05) is 0 Å². The Morgan fingerprint density at radius 1 is 1.21 bits per heavy atom. The highest BCUT2D eigenvalue weighted by Gasteiger charge is 2.00. The molecule has 0 saturated carbocycles. The first-order valence-electron chi connectivity index (χ1n) is 6.06. The lowest BCUT2D eigenvalue weighted by molar-refractivity contribution is 0.338. The van der Waals surface area contributed by atoms with Crippen LogP contribution in [0.25, 0.3) is 0 Å². The Hall–Kier alpha value is -1.56. The summed E-state index contributed by atoms with van der Waals surface area (Å²) in [6.07, 6.45) is 1.80. The van der Waals surface area contributed by atoms with Crippen molar-refractivity contribution in [1.29, 1.82) is 0 Å². The SMILES string of the molecule is CCOc1ccc(/C=N\Nc2ccccc2)cc1I. The van der Waals surface area contributed by atoms with Crippen molar-refractivity contribution in [2.24, 2.45) is 5.10 Å². The quantitative estimate of drug-likeness (QED) is 0.490. The van der Waals surface area contributed by atoms with Gasteiger partial charge in [-0.2, -0.15) is 5.10 Å². The molecule has 4 heteroatoms. The van der Waals surface area contributed by atoms with Crippen LogP contribution in [0.5, 0.6) is 5.75 Å². The number of rotatable bonds is 5. The third-order valence-electron chi connectivity index (χ3n) is 2.44. The zero-order valence-electron chi connectivity index (χ0n) is 10.6. The number of nitrogens with one attached hydrogen (secondary N) is 1. The average Bonchev–Trinajstić information content (AvgIpc) is 2.43. The molecule has 2 aromatic carbocycles. The van der Waals surface area contributed by atoms with Gasteiger partial charge in [0.1, 0.15) is 5.75 Å². The van der Waals surface area contributed by atoms with Crippen molar-refractivity contribution in [2.75, 3.05) is 12.0 Å². The number of nitrogens with zero attached hydrogens (tertiary/aromatic N) is 1. The Balaban J connectivity index is 2.01. The van der Waals surface area contributed by atoms with Crippen LogP contribution in [-0.2, 0) is 0 Å². The minimum Gasteiger partial charge on any atom is -0.493 e. The van der Waals surface area contributed by atoms with Crippen LogP contribution in [-0.4, -0.2) is 12.8 Å². The van der Waals surface area contributed by atoms with Crippen LogP contribution in [0.2, 0.25) is 0 Å². The minimum atomic E-state index is 0.680. The molecule has 0 unspecified atom stereocenters. The van der Waals surface area contributed by atoms with E-state index in [2.05, 4.69) is 33.1 Å². The van der Waals surface area contributed by atoms with E-state index >= 15 is 0 Å². The third kappa shape index (κ3) is 4.24. The first-order valence-corrected chi connectivity index (χ1v) is 7.14. The largest absolute Gasteiger partial charge is 0.493 e. The summed E-state index contributed by atoms with van der Waals surface area (Å²) in [5.41, 5.74) is 5.00. The zero-order valence-corrected chi connectivity index (χ0v) is 12.8. The molecule has 1 N–H and O–H groups in total. The highest BCUT2D eigenvalue weighted by atomic mass is 127. The molecule has 0 radical (unpaired) electrons. The molecule has 0 atom stereocenters. The lowest BCUT2D eigenvalue weighted by atomic mass is 10.2. The van der Waals surface area contributed by atoms with Gasteiger partial charge in [-0.1, -0.05) is 18.2 Å². The van der Waals surface area contributed by atoms with Gasteiger partial charge >= 0.3 is 0 Å². The predicted molar refractivity (Wildman–Crippen MR) is 88.0 cm³/mol. The molecule has 0 spiro atoms. The minimum absolute atomic E-state index is 0.680. The van der Waals surface area contributed by atoms with Crippen molar-refractivity contribution in [2.45, 2.75) is 6.92 Å². The Labute approximate surface area is 126 Å². The number of hydrogen-bond acceptors (Lipinski definition) is 3. The molecule has 0 bridgehead atoms. The smallest absolute Gasteiger partial charge is 0.132 e. The average molecular weight is 366 g/mol. The second kappa shape index (κ2) is 7.13. The molecule has 0 heterocycles. The summed E-state index contributed by atoms with van der Waals surface area (Å²) >= 11 is 2.27. The summed E-state index contributed by atoms with van der Waals surface area (Å²) in [6.45, 7) is 2.66. The number of para-hydroxylation sites is 1. The molecule has 98 valence electrons. The lowest BCUT2D eigenvalue weighted by Crippen LogP contribution is -1.95. The summed E-state index contributed by atoms with van der Waals surface area (Å²) in [5.74, 6) is 0.913. The molecule has 2 rings (SSSR count). The maximum absolute atomic E-state index is 5.50. The highest BCUT2D eigenvalue weighted by Crippen LogP contribution is 2.21. The van der Waals surface area contributed by atoms with Gasteiger partial charge in [0.15, 0.2) is 0 Å². The zero-order chi connectivity index (χ0) is 13.5. The van der Waals surface area contributed by atoms with Crippen molar-refractivity contribution in [3.8, 4) is 5.75 Å². The molecule has 0 aliphatic heterocycles. The van der Waals surface area contributed by atoms with Gasteiger partial charge in [0.25, 0.3) is 0 Å². The molecule has 0 aromatic heterocycles. The van der Waals surface area contributed by atoms with Crippen LogP contribution >= 0.6 is 22.6 Å². The highest BCUT2D eigenvalue weighted by molar-refractivity contribution is 14.1. The van der Waals surface area contributed by atoms with E-state index in [9.17, 15) is 0 Å². The number of ether oxygens (including phenoxy) is 1. The normalized spacial score (nSPS) is 10.6. The molecule has 19 heavy (non-hydrogen) atoms. The van der Waals surface area contributed by atoms with Crippen LogP contribution in [0, 0.1) is 3.57 Å². The summed E-state index contributed by atoms with van der Waals surface area (Å²) in [5, 5.41) is 4.21. The van der Waals surface area contributed by atoms with E-state index in [-0.39, 0.29) is 0 Å². The van der Waals surface area contributed by atoms with Gasteiger partial charge in [-0.25, -0.2) is 0 Å². The van der Waals surface area contributed by atoms with Gasteiger partial charge in [-0.15, -0.1) is 0 Å². The molecular weight excluding hydrogens is 351 g/mol. The first kappa shape index (κ1) is 13.9. The Morgan fingerprint density at radius 3 is 2.68 bits per heavy atom. The molecule has 2 aromatic rings. The molecular formula is C15H15IN2O. The van der Waals surface area contributed by atoms with Crippen LogP contribution in [0.4, 0.5) is 5.69 Å². The molecule has 0 aliphatic carbocycles. The number of anilines is 1. The second-order valence-electron chi connectivity index (χ2n) is 3.86. The summed E-state index contributed by atoms with van der Waals surface area (Å²) in [7, 11) is 0. The summed E-state index contributed by atoms with van der Waals surface area (Å²) < 4.78 is 6.58. The van der Waals surface area contributed by atoms with Crippen molar-refractivity contribution in [1.82, 2.24) is 0 Å². The topological polar surface area (TPSA) is 33.6 Å². The van der Waals surface area contributed by atoms with E-state index in [0.717, 1.165) is 20.6 Å². The third-order valence-corrected chi connectivity index (χ3v) is 3.28. The number of halogens is 1.